The van der Waals surface area contributed by atoms with E-state index in [1.54, 1.807) is 0 Å². The number of carbonyl (C=O) groups is 1. The van der Waals surface area contributed by atoms with Crippen LogP contribution in [0.1, 0.15) is 25.0 Å². The molecule has 1 unspecified atom stereocenters. The van der Waals surface area contributed by atoms with Crippen molar-refractivity contribution in [2.75, 3.05) is 11.4 Å². The third kappa shape index (κ3) is 2.61. The third-order valence-electron chi connectivity index (χ3n) is 6.41. The molecule has 2 aliphatic rings. The Hall–Kier alpha value is -3.33. The van der Waals surface area contributed by atoms with Gasteiger partial charge in [-0.25, -0.2) is 0 Å². The molecule has 2 heterocycles. The SMILES string of the molecule is CC1(C)c2ccccc2N2CC(=O)NC21C=Cc1ccc(-c2ccccc2)cc1. The fourth-order valence-corrected chi connectivity index (χ4v) is 4.77. The van der Waals surface area contributed by atoms with Crippen LogP contribution in [-0.2, 0) is 10.2 Å². The molecule has 0 saturated carbocycles. The summed E-state index contributed by atoms with van der Waals surface area (Å²) < 4.78 is 0. The number of hydrogen-bond donors (Lipinski definition) is 1. The molecule has 0 aliphatic carbocycles. The van der Waals surface area contributed by atoms with Crippen LogP contribution >= 0.6 is 0 Å². The topological polar surface area (TPSA) is 32.3 Å². The third-order valence-corrected chi connectivity index (χ3v) is 6.41. The summed E-state index contributed by atoms with van der Waals surface area (Å²) in [5.74, 6) is 0.0663. The van der Waals surface area contributed by atoms with Gasteiger partial charge in [0.1, 0.15) is 5.66 Å². The van der Waals surface area contributed by atoms with E-state index in [0.717, 1.165) is 11.3 Å². The molecule has 3 nitrogen and oxygen atoms in total. The van der Waals surface area contributed by atoms with Gasteiger partial charge in [0.2, 0.25) is 5.91 Å². The maximum atomic E-state index is 12.4. The number of rotatable bonds is 3. The maximum Gasteiger partial charge on any atom is 0.241 e. The van der Waals surface area contributed by atoms with Crippen LogP contribution in [0.25, 0.3) is 17.2 Å². The van der Waals surface area contributed by atoms with E-state index in [1.165, 1.54) is 16.7 Å². The minimum absolute atomic E-state index is 0.0663. The largest absolute Gasteiger partial charge is 0.335 e. The van der Waals surface area contributed by atoms with Crippen LogP contribution < -0.4 is 10.2 Å². The van der Waals surface area contributed by atoms with E-state index in [-0.39, 0.29) is 11.3 Å². The second-order valence-electron chi connectivity index (χ2n) is 8.36. The Kier molecular flexibility index (Phi) is 3.88. The molecule has 3 aromatic carbocycles. The van der Waals surface area contributed by atoms with Crippen molar-refractivity contribution in [1.29, 1.82) is 0 Å². The zero-order valence-electron chi connectivity index (χ0n) is 16.7. The predicted octanol–water partition coefficient (Wildman–Crippen LogP) is 4.99. The van der Waals surface area contributed by atoms with Crippen LogP contribution in [-0.4, -0.2) is 18.1 Å². The van der Waals surface area contributed by atoms with Gasteiger partial charge in [-0.05, 0) is 34.4 Å². The Morgan fingerprint density at radius 1 is 0.862 bits per heavy atom. The first-order valence-corrected chi connectivity index (χ1v) is 10.0. The van der Waals surface area contributed by atoms with Crippen molar-refractivity contribution < 1.29 is 4.79 Å². The molecule has 0 bridgehead atoms. The van der Waals surface area contributed by atoms with E-state index >= 15 is 0 Å². The van der Waals surface area contributed by atoms with Gasteiger partial charge in [0.05, 0.1) is 6.54 Å². The number of nitrogens with zero attached hydrogens (tertiary/aromatic N) is 1. The van der Waals surface area contributed by atoms with Gasteiger partial charge in [-0.1, -0.05) is 92.7 Å². The van der Waals surface area contributed by atoms with Crippen molar-refractivity contribution >= 4 is 17.7 Å². The minimum Gasteiger partial charge on any atom is -0.335 e. The smallest absolute Gasteiger partial charge is 0.241 e. The first kappa shape index (κ1) is 17.7. The summed E-state index contributed by atoms with van der Waals surface area (Å²) in [4.78, 5) is 14.6. The standard InChI is InChI=1S/C26H24N2O/c1-25(2)22-10-6-7-11-23(22)28-18-24(29)27-26(25,28)17-16-19-12-14-21(15-13-19)20-8-4-3-5-9-20/h3-17H,18H2,1-2H3,(H,27,29). The number of amides is 1. The second kappa shape index (κ2) is 6.35. The van der Waals surface area contributed by atoms with Gasteiger partial charge in [-0.3, -0.25) is 4.79 Å². The van der Waals surface area contributed by atoms with Gasteiger partial charge in [-0.15, -0.1) is 0 Å². The Morgan fingerprint density at radius 2 is 1.52 bits per heavy atom. The first-order valence-electron chi connectivity index (χ1n) is 10.0. The van der Waals surface area contributed by atoms with Crippen molar-refractivity contribution in [3.8, 4) is 11.1 Å². The Morgan fingerprint density at radius 3 is 2.28 bits per heavy atom. The lowest BCUT2D eigenvalue weighted by molar-refractivity contribution is -0.118. The number of benzene rings is 3. The molecule has 0 spiro atoms. The lowest BCUT2D eigenvalue weighted by Crippen LogP contribution is -2.58. The Balaban J connectivity index is 1.50. The molecule has 5 rings (SSSR count). The molecule has 144 valence electrons. The van der Waals surface area contributed by atoms with Crippen LogP contribution in [0.5, 0.6) is 0 Å². The molecule has 1 amide bonds. The number of nitrogens with one attached hydrogen (secondary N) is 1. The molecule has 1 N–H and O–H groups in total. The number of carbonyl (C=O) groups excluding carboxylic acids is 1. The van der Waals surface area contributed by atoms with Gasteiger partial charge in [-0.2, -0.15) is 0 Å². The molecule has 0 radical (unpaired) electrons. The molecular weight excluding hydrogens is 356 g/mol. The molecule has 1 saturated heterocycles. The van der Waals surface area contributed by atoms with Crippen molar-refractivity contribution in [3.63, 3.8) is 0 Å². The van der Waals surface area contributed by atoms with Gasteiger partial charge in [0.25, 0.3) is 0 Å². The zero-order chi connectivity index (χ0) is 20.1. The molecule has 3 aromatic rings. The van der Waals surface area contributed by atoms with E-state index in [1.807, 2.05) is 12.1 Å². The first-order chi connectivity index (χ1) is 14.0. The molecule has 1 atom stereocenters. The van der Waals surface area contributed by atoms with Gasteiger partial charge < -0.3 is 10.2 Å². The van der Waals surface area contributed by atoms with Gasteiger partial charge in [0.15, 0.2) is 0 Å². The molecular formula is C26H24N2O. The normalized spacial score (nSPS) is 21.9. The highest BCUT2D eigenvalue weighted by Crippen LogP contribution is 2.52. The van der Waals surface area contributed by atoms with Crippen LogP contribution in [0.3, 0.4) is 0 Å². The highest BCUT2D eigenvalue weighted by molar-refractivity contribution is 5.91. The highest BCUT2D eigenvalue weighted by Gasteiger charge is 2.59. The quantitative estimate of drug-likeness (QED) is 0.694. The molecule has 3 heteroatoms. The Bertz CT molecular complexity index is 1100. The number of fused-ring (bicyclic) bond motifs is 3. The average Bonchev–Trinajstić information content (AvgIpc) is 3.18. The lowest BCUT2D eigenvalue weighted by Gasteiger charge is -2.40. The predicted molar refractivity (Wildman–Crippen MR) is 119 cm³/mol. The van der Waals surface area contributed by atoms with Crippen molar-refractivity contribution in [2.45, 2.75) is 24.9 Å². The highest BCUT2D eigenvalue weighted by atomic mass is 16.2. The summed E-state index contributed by atoms with van der Waals surface area (Å²) >= 11 is 0. The van der Waals surface area contributed by atoms with E-state index in [4.69, 9.17) is 0 Å². The summed E-state index contributed by atoms with van der Waals surface area (Å²) in [7, 11) is 0. The van der Waals surface area contributed by atoms with Crippen molar-refractivity contribution in [2.24, 2.45) is 0 Å². The summed E-state index contributed by atoms with van der Waals surface area (Å²) in [6.45, 7) is 4.80. The van der Waals surface area contributed by atoms with Gasteiger partial charge in [0, 0.05) is 11.1 Å². The van der Waals surface area contributed by atoms with E-state index < -0.39 is 5.66 Å². The maximum absolute atomic E-state index is 12.4. The molecule has 29 heavy (non-hydrogen) atoms. The molecule has 0 aromatic heterocycles. The fourth-order valence-electron chi connectivity index (χ4n) is 4.77. The minimum atomic E-state index is -0.550. The van der Waals surface area contributed by atoms with Crippen LogP contribution in [0, 0.1) is 0 Å². The van der Waals surface area contributed by atoms with Crippen LogP contribution in [0.15, 0.2) is 84.9 Å². The van der Waals surface area contributed by atoms with E-state index in [2.05, 4.69) is 103 Å². The van der Waals surface area contributed by atoms with E-state index in [9.17, 15) is 4.79 Å². The average molecular weight is 380 g/mol. The fraction of sp³-hybridized carbons (Fsp3) is 0.192. The van der Waals surface area contributed by atoms with Gasteiger partial charge >= 0.3 is 0 Å². The lowest BCUT2D eigenvalue weighted by atomic mass is 9.75. The van der Waals surface area contributed by atoms with Crippen molar-refractivity contribution in [1.82, 2.24) is 5.32 Å². The van der Waals surface area contributed by atoms with E-state index in [0.29, 0.717) is 6.54 Å². The van der Waals surface area contributed by atoms with Crippen molar-refractivity contribution in [3.05, 3.63) is 96.1 Å². The molecule has 1 fully saturated rings. The van der Waals surface area contributed by atoms with Crippen LogP contribution in [0.4, 0.5) is 5.69 Å². The number of hydrogen-bond acceptors (Lipinski definition) is 2. The van der Waals surface area contributed by atoms with Crippen LogP contribution in [0.2, 0.25) is 0 Å². The summed E-state index contributed by atoms with van der Waals surface area (Å²) in [5, 5.41) is 3.27. The summed E-state index contributed by atoms with van der Waals surface area (Å²) in [5.41, 5.74) is 5.15. The second-order valence-corrected chi connectivity index (χ2v) is 8.36. The summed E-state index contributed by atoms with van der Waals surface area (Å²) in [6.07, 6.45) is 4.29. The molecule has 2 aliphatic heterocycles. The number of anilines is 1. The zero-order valence-corrected chi connectivity index (χ0v) is 16.7. The monoisotopic (exact) mass is 380 g/mol. The number of para-hydroxylation sites is 1. The summed E-state index contributed by atoms with van der Waals surface area (Å²) in [6, 6.07) is 27.3. The Labute approximate surface area is 171 Å².